The highest BCUT2D eigenvalue weighted by molar-refractivity contribution is 7.91. The first-order valence-electron chi connectivity index (χ1n) is 21.1. The monoisotopic (exact) mass is 713 g/mol. The van der Waals surface area contributed by atoms with Gasteiger partial charge in [-0.15, -0.1) is 0 Å². The van der Waals surface area contributed by atoms with Gasteiger partial charge in [0.25, 0.3) is 0 Å². The molecule has 0 aromatic heterocycles. The molecule has 0 aliphatic carbocycles. The molecule has 0 N–H and O–H groups in total. The average Bonchev–Trinajstić information content (AvgIpc) is 3.07. The Kier molecular flexibility index (Phi) is 21.2. The molecule has 0 nitrogen and oxygen atoms in total. The van der Waals surface area contributed by atoms with E-state index in [4.69, 9.17) is 0 Å². The fourth-order valence-electron chi connectivity index (χ4n) is 13.1. The molecule has 0 heterocycles. The van der Waals surface area contributed by atoms with Gasteiger partial charge in [-0.1, -0.05) is 258 Å². The Bertz CT molecular complexity index is 681. The second-order valence-electron chi connectivity index (χ2n) is 17.2. The molecule has 0 aliphatic rings. The zero-order valence-electron chi connectivity index (χ0n) is 35.5. The van der Waals surface area contributed by atoms with E-state index in [-0.39, 0.29) is 0 Å². The second kappa shape index (κ2) is 20.7. The maximum absolute atomic E-state index is 2.97. The number of hydrogen-bond acceptors (Lipinski definition) is 0. The minimum absolute atomic E-state index is 0.988. The largest absolute Gasteiger partial charge is 0.0654 e. The lowest BCUT2D eigenvalue weighted by molar-refractivity contribution is 0.716. The molecule has 0 rings (SSSR count). The first-order chi connectivity index (χ1) is 21.1. The summed E-state index contributed by atoms with van der Waals surface area (Å²) < 4.78 is 0. The van der Waals surface area contributed by atoms with E-state index in [0.29, 0.717) is 0 Å². The maximum atomic E-state index is 2.97. The molecule has 0 aromatic carbocycles. The summed E-state index contributed by atoms with van der Waals surface area (Å²) in [7, 11) is -7.95. The van der Waals surface area contributed by atoms with Crippen LogP contribution in [0.1, 0.15) is 203 Å². The maximum Gasteiger partial charge on any atom is 0.0441 e. The summed E-state index contributed by atoms with van der Waals surface area (Å²) in [5, 5.41) is 0. The summed E-state index contributed by atoms with van der Waals surface area (Å²) in [5.41, 5.74) is 9.90. The topological polar surface area (TPSA) is 0 Å². The van der Waals surface area contributed by atoms with Crippen molar-refractivity contribution in [3.63, 3.8) is 0 Å². The highest BCUT2D eigenvalue weighted by Gasteiger charge is 2.77. The third-order valence-corrected chi connectivity index (χ3v) is 108. The van der Waals surface area contributed by atoms with Gasteiger partial charge in [-0.25, -0.2) is 0 Å². The molecule has 5 heteroatoms. The minimum atomic E-state index is -1.94. The third kappa shape index (κ3) is 7.88. The normalized spacial score (nSPS) is 24.8. The first-order valence-corrected chi connectivity index (χ1v) is 35.8. The van der Waals surface area contributed by atoms with Gasteiger partial charge in [0.15, 0.2) is 0 Å². The van der Waals surface area contributed by atoms with Gasteiger partial charge in [0.2, 0.25) is 0 Å². The lowest BCUT2D eigenvalue weighted by Crippen LogP contribution is -2.93. The molecule has 0 spiro atoms. The van der Waals surface area contributed by atoms with Crippen LogP contribution in [0.2, 0.25) is 55.4 Å². The van der Waals surface area contributed by atoms with Gasteiger partial charge < -0.3 is 0 Å². The molecule has 10 unspecified atom stereocenters. The predicted molar refractivity (Wildman–Crippen MR) is 229 cm³/mol. The van der Waals surface area contributed by atoms with Gasteiger partial charge in [0.05, 0.1) is 0 Å². The smallest absolute Gasteiger partial charge is 0.0441 e. The molecule has 45 heavy (non-hydrogen) atoms. The molecule has 272 valence electrons. The highest BCUT2D eigenvalue weighted by atomic mass is 29.9. The molecule has 10 atom stereocenters. The van der Waals surface area contributed by atoms with Gasteiger partial charge in [-0.3, -0.25) is 0 Å². The van der Waals surface area contributed by atoms with Crippen LogP contribution in [-0.2, 0) is 0 Å². The van der Waals surface area contributed by atoms with E-state index < -0.39 is 38.0 Å². The Labute approximate surface area is 294 Å². The van der Waals surface area contributed by atoms with Gasteiger partial charge in [0, 0.05) is 38.0 Å². The van der Waals surface area contributed by atoms with Crippen molar-refractivity contribution in [1.82, 2.24) is 0 Å². The quantitative estimate of drug-likeness (QED) is 0.0874. The minimum Gasteiger partial charge on any atom is -0.0654 e. The van der Waals surface area contributed by atoms with Crippen molar-refractivity contribution < 1.29 is 0 Å². The van der Waals surface area contributed by atoms with Gasteiger partial charge in [-0.2, -0.15) is 0 Å². The van der Waals surface area contributed by atoms with Crippen molar-refractivity contribution in [2.75, 3.05) is 0 Å². The predicted octanol–water partition coefficient (Wildman–Crippen LogP) is 15.1. The standard InChI is InChI=1S/C40H92Si5/c1-21-31(11)41(32(12)22-2)43(35(15)25-5,36(16)26-6)45(39(19)29-9,40(20)30-10)44(37(17)27-7,38(18)28-8)42(33(13)23-3)34(14)24-4/h31-42H,21-30H2,1-20H3. The van der Waals surface area contributed by atoms with Crippen LogP contribution in [0, 0.1) is 0 Å². The molecule has 0 fully saturated rings. The molecular formula is C40H92Si5. The summed E-state index contributed by atoms with van der Waals surface area (Å²) >= 11 is 0. The van der Waals surface area contributed by atoms with Crippen molar-refractivity contribution in [1.29, 1.82) is 0 Å². The molecule has 0 amide bonds. The molecule has 0 aliphatic heterocycles. The van der Waals surface area contributed by atoms with Crippen LogP contribution < -0.4 is 0 Å². The Morgan fingerprint density at radius 3 is 0.600 bits per heavy atom. The van der Waals surface area contributed by atoms with E-state index in [1.807, 2.05) is 0 Å². The Morgan fingerprint density at radius 2 is 0.467 bits per heavy atom. The van der Waals surface area contributed by atoms with E-state index in [0.717, 1.165) is 55.4 Å². The summed E-state index contributed by atoms with van der Waals surface area (Å²) in [6.07, 6.45) is 14.5. The number of rotatable bonds is 24. The Balaban J connectivity index is 9.81. The van der Waals surface area contributed by atoms with E-state index in [2.05, 4.69) is 138 Å². The van der Waals surface area contributed by atoms with Crippen LogP contribution in [0.15, 0.2) is 0 Å². The zero-order valence-corrected chi connectivity index (χ0v) is 40.8. The summed E-state index contributed by atoms with van der Waals surface area (Å²) in [5.74, 6) is 0. The Morgan fingerprint density at radius 1 is 0.289 bits per heavy atom. The first kappa shape index (κ1) is 46.1. The average molecular weight is 714 g/mol. The number of hydrogen-bond donors (Lipinski definition) is 0. The van der Waals surface area contributed by atoms with Crippen LogP contribution in [0.25, 0.3) is 0 Å². The van der Waals surface area contributed by atoms with Crippen LogP contribution in [0.5, 0.6) is 0 Å². The zero-order chi connectivity index (χ0) is 35.5. The molecule has 0 aromatic rings. The van der Waals surface area contributed by atoms with Crippen LogP contribution in [0.4, 0.5) is 0 Å². The second-order valence-corrected chi connectivity index (χ2v) is 60.1. The molecule has 0 radical (unpaired) electrons. The van der Waals surface area contributed by atoms with Crippen molar-refractivity contribution in [2.45, 2.75) is 258 Å². The van der Waals surface area contributed by atoms with Crippen LogP contribution >= 0.6 is 0 Å². The van der Waals surface area contributed by atoms with E-state index in [1.165, 1.54) is 64.2 Å². The fourth-order valence-corrected chi connectivity index (χ4v) is 168. The molecule has 0 saturated heterocycles. The van der Waals surface area contributed by atoms with Crippen molar-refractivity contribution in [2.24, 2.45) is 0 Å². The van der Waals surface area contributed by atoms with E-state index >= 15 is 0 Å². The summed E-state index contributed by atoms with van der Waals surface area (Å²) in [6, 6.07) is 0. The third-order valence-electron chi connectivity index (χ3n) is 16.1. The molecule has 0 bridgehead atoms. The van der Waals surface area contributed by atoms with Crippen LogP contribution in [0.3, 0.4) is 0 Å². The van der Waals surface area contributed by atoms with Crippen molar-refractivity contribution in [3.8, 4) is 0 Å². The van der Waals surface area contributed by atoms with Gasteiger partial charge in [0.1, 0.15) is 0 Å². The summed E-state index contributed by atoms with van der Waals surface area (Å²) in [4.78, 5) is 0. The van der Waals surface area contributed by atoms with Crippen LogP contribution in [-0.4, -0.2) is 38.0 Å². The van der Waals surface area contributed by atoms with Gasteiger partial charge in [-0.05, 0) is 0 Å². The van der Waals surface area contributed by atoms with Gasteiger partial charge >= 0.3 is 0 Å². The summed E-state index contributed by atoms with van der Waals surface area (Å²) in [6.45, 7) is 55.5. The fraction of sp³-hybridized carbons (Fsp3) is 1.00. The van der Waals surface area contributed by atoms with E-state index in [9.17, 15) is 0 Å². The van der Waals surface area contributed by atoms with Crippen molar-refractivity contribution >= 4 is 38.0 Å². The Hall–Kier alpha value is 1.08. The molecular weight excluding hydrogens is 621 g/mol. The SMILES string of the molecule is CCC(C)[SiH](C(C)CC)[Si](C(C)CC)(C(C)CC)[Si](C(C)CC)(C(C)CC)[Si](C(C)CC)(C(C)CC)[SiH](C(C)CC)C(C)CC. The van der Waals surface area contributed by atoms with Crippen molar-refractivity contribution in [3.05, 3.63) is 0 Å². The highest BCUT2D eigenvalue weighted by Crippen LogP contribution is 2.67. The van der Waals surface area contributed by atoms with E-state index in [1.54, 1.807) is 0 Å². The lowest BCUT2D eigenvalue weighted by Gasteiger charge is -2.75. The lowest BCUT2D eigenvalue weighted by atomic mass is 10.3. The molecule has 0 saturated carbocycles.